The molecule has 0 fully saturated rings. The minimum absolute atomic E-state index is 0.0631. The van der Waals surface area contributed by atoms with E-state index in [-0.39, 0.29) is 18.0 Å². The quantitative estimate of drug-likeness (QED) is 0.941. The zero-order chi connectivity index (χ0) is 16.6. The molecule has 0 saturated heterocycles. The lowest BCUT2D eigenvalue weighted by Gasteiger charge is -2.31. The Labute approximate surface area is 135 Å². The number of imidazole rings is 1. The molecule has 0 saturated carbocycles. The summed E-state index contributed by atoms with van der Waals surface area (Å²) in [7, 11) is 1.77. The lowest BCUT2D eigenvalue weighted by Crippen LogP contribution is -2.53. The lowest BCUT2D eigenvalue weighted by atomic mass is 10.0. The highest BCUT2D eigenvalue weighted by Gasteiger charge is 2.32. The number of carbonyl (C=O) groups is 2. The number of amides is 2. The van der Waals surface area contributed by atoms with Gasteiger partial charge >= 0.3 is 6.03 Å². The minimum atomic E-state index is -0.551. The second kappa shape index (κ2) is 5.87. The molecular weight excluding hydrogens is 292 g/mol. The van der Waals surface area contributed by atoms with Gasteiger partial charge in [0.25, 0.3) is 0 Å². The predicted octanol–water partition coefficient (Wildman–Crippen LogP) is 1.89. The molecule has 2 unspecified atom stereocenters. The minimum Gasteiger partial charge on any atom is -0.337 e. The molecule has 6 nitrogen and oxygen atoms in total. The number of rotatable bonds is 3. The van der Waals surface area contributed by atoms with Crippen LogP contribution in [0.2, 0.25) is 0 Å². The molecule has 0 aliphatic carbocycles. The van der Waals surface area contributed by atoms with Crippen LogP contribution in [0.4, 0.5) is 4.79 Å². The van der Waals surface area contributed by atoms with Gasteiger partial charge in [-0.25, -0.2) is 9.78 Å². The number of aromatic nitrogens is 2. The molecule has 0 radical (unpaired) electrons. The molecule has 0 spiro atoms. The number of nitrogens with zero attached hydrogens (tertiary/aromatic N) is 3. The van der Waals surface area contributed by atoms with Crippen molar-refractivity contribution in [3.05, 3.63) is 53.6 Å². The van der Waals surface area contributed by atoms with E-state index in [2.05, 4.69) is 10.3 Å². The summed E-state index contributed by atoms with van der Waals surface area (Å²) in [5.74, 6) is -0.0983. The fourth-order valence-electron chi connectivity index (χ4n) is 2.79. The molecule has 1 aromatic heterocycles. The average molecular weight is 312 g/mol. The number of hydrogen-bond acceptors (Lipinski definition) is 3. The summed E-state index contributed by atoms with van der Waals surface area (Å²) < 4.78 is 1.44. The molecule has 2 amide bonds. The van der Waals surface area contributed by atoms with Crippen LogP contribution in [-0.4, -0.2) is 39.5 Å². The van der Waals surface area contributed by atoms with Crippen LogP contribution in [0.3, 0.4) is 0 Å². The predicted molar refractivity (Wildman–Crippen MR) is 86.0 cm³/mol. The summed E-state index contributed by atoms with van der Waals surface area (Å²) in [6, 6.07) is 7.20. The molecule has 1 aliphatic heterocycles. The molecule has 1 aromatic carbocycles. The third-order valence-electron chi connectivity index (χ3n) is 4.43. The first kappa shape index (κ1) is 15.3. The van der Waals surface area contributed by atoms with Crippen LogP contribution in [0.15, 0.2) is 36.8 Å². The van der Waals surface area contributed by atoms with Crippen LogP contribution in [0, 0.1) is 6.92 Å². The molecule has 1 N–H and O–H groups in total. The van der Waals surface area contributed by atoms with Gasteiger partial charge in [-0.1, -0.05) is 29.8 Å². The van der Waals surface area contributed by atoms with Crippen molar-refractivity contribution in [2.45, 2.75) is 32.4 Å². The first-order chi connectivity index (χ1) is 11.0. The van der Waals surface area contributed by atoms with Gasteiger partial charge in [-0.3, -0.25) is 9.36 Å². The summed E-state index contributed by atoms with van der Waals surface area (Å²) in [6.07, 6.45) is 3.54. The molecule has 2 aromatic rings. The van der Waals surface area contributed by atoms with Gasteiger partial charge in [-0.05, 0) is 19.4 Å². The van der Waals surface area contributed by atoms with E-state index < -0.39 is 6.04 Å². The van der Waals surface area contributed by atoms with Crippen LogP contribution in [0.25, 0.3) is 0 Å². The molecule has 0 bridgehead atoms. The van der Waals surface area contributed by atoms with Gasteiger partial charge in [0, 0.05) is 25.4 Å². The fourth-order valence-corrected chi connectivity index (χ4v) is 2.79. The topological polar surface area (TPSA) is 67.2 Å². The molecule has 1 aliphatic rings. The highest BCUT2D eigenvalue weighted by molar-refractivity contribution is 5.89. The number of nitrogens with one attached hydrogen (secondary N) is 1. The van der Waals surface area contributed by atoms with Crippen LogP contribution < -0.4 is 5.32 Å². The highest BCUT2D eigenvalue weighted by atomic mass is 16.2. The van der Waals surface area contributed by atoms with Crippen molar-refractivity contribution in [1.29, 1.82) is 0 Å². The molecule has 120 valence electrons. The number of likely N-dealkylation sites (N-methyl/N-ethyl adjacent to an activating group) is 1. The second-order valence-electron chi connectivity index (χ2n) is 6.00. The van der Waals surface area contributed by atoms with Gasteiger partial charge in [0.1, 0.15) is 12.4 Å². The maximum atomic E-state index is 12.7. The smallest absolute Gasteiger partial charge is 0.327 e. The molecule has 2 atom stereocenters. The first-order valence-corrected chi connectivity index (χ1v) is 7.62. The molecule has 23 heavy (non-hydrogen) atoms. The number of hydrogen-bond donors (Lipinski definition) is 1. The van der Waals surface area contributed by atoms with Gasteiger partial charge in [0.05, 0.1) is 6.04 Å². The fraction of sp³-hybridized carbons (Fsp3) is 0.353. The van der Waals surface area contributed by atoms with E-state index in [0.29, 0.717) is 6.42 Å². The van der Waals surface area contributed by atoms with Crippen molar-refractivity contribution in [3.8, 4) is 0 Å². The second-order valence-corrected chi connectivity index (χ2v) is 6.00. The average Bonchev–Trinajstić information content (AvgIpc) is 3.02. The zero-order valence-corrected chi connectivity index (χ0v) is 13.5. The summed E-state index contributed by atoms with van der Waals surface area (Å²) in [5, 5.41) is 2.75. The standard InChI is InChI=1S/C17H20N4O2/c1-11-4-6-13(7-5-11)12(2)20(3)16(22)15-8-14-9-18-10-21(14)17(23)19-15/h4-7,9-10,12,15H,8H2,1-3H3,(H,19,23). The van der Waals surface area contributed by atoms with Gasteiger partial charge in [-0.15, -0.1) is 0 Å². The van der Waals surface area contributed by atoms with E-state index in [1.807, 2.05) is 38.1 Å². The summed E-state index contributed by atoms with van der Waals surface area (Å²) in [4.78, 5) is 30.4. The SMILES string of the molecule is Cc1ccc(C(C)N(C)C(=O)C2Cc3cncn3C(=O)N2)cc1. The normalized spacial score (nSPS) is 18.0. The Morgan fingerprint density at radius 1 is 1.39 bits per heavy atom. The third-order valence-corrected chi connectivity index (χ3v) is 4.43. The maximum Gasteiger partial charge on any atom is 0.327 e. The number of carbonyl (C=O) groups excluding carboxylic acids is 2. The highest BCUT2D eigenvalue weighted by Crippen LogP contribution is 2.21. The molecular formula is C17H20N4O2. The van der Waals surface area contributed by atoms with Gasteiger partial charge < -0.3 is 10.2 Å². The van der Waals surface area contributed by atoms with Crippen molar-refractivity contribution in [3.63, 3.8) is 0 Å². The Hall–Kier alpha value is -2.63. The Morgan fingerprint density at radius 3 is 2.78 bits per heavy atom. The van der Waals surface area contributed by atoms with Crippen LogP contribution in [-0.2, 0) is 11.2 Å². The van der Waals surface area contributed by atoms with Crippen molar-refractivity contribution in [2.75, 3.05) is 7.05 Å². The van der Waals surface area contributed by atoms with Crippen LogP contribution in [0.1, 0.15) is 29.8 Å². The number of aryl methyl sites for hydroxylation is 1. The number of fused-ring (bicyclic) bond motifs is 1. The van der Waals surface area contributed by atoms with Crippen molar-refractivity contribution >= 4 is 11.9 Å². The Morgan fingerprint density at radius 2 is 2.09 bits per heavy atom. The van der Waals surface area contributed by atoms with Gasteiger partial charge in [0.2, 0.25) is 5.91 Å². The molecule has 3 rings (SSSR count). The zero-order valence-electron chi connectivity index (χ0n) is 13.5. The maximum absolute atomic E-state index is 12.7. The third kappa shape index (κ3) is 2.84. The van der Waals surface area contributed by atoms with E-state index in [1.54, 1.807) is 18.1 Å². The molecule has 2 heterocycles. The van der Waals surface area contributed by atoms with E-state index in [0.717, 1.165) is 11.3 Å². The Balaban J connectivity index is 1.75. The van der Waals surface area contributed by atoms with Gasteiger partial charge in [-0.2, -0.15) is 0 Å². The van der Waals surface area contributed by atoms with Crippen LogP contribution in [0.5, 0.6) is 0 Å². The lowest BCUT2D eigenvalue weighted by molar-refractivity contribution is -0.134. The summed E-state index contributed by atoms with van der Waals surface area (Å²) in [6.45, 7) is 4.02. The van der Waals surface area contributed by atoms with E-state index >= 15 is 0 Å². The molecule has 6 heteroatoms. The van der Waals surface area contributed by atoms with Crippen molar-refractivity contribution < 1.29 is 9.59 Å². The van der Waals surface area contributed by atoms with Crippen molar-refractivity contribution in [1.82, 2.24) is 19.8 Å². The van der Waals surface area contributed by atoms with Crippen LogP contribution >= 0.6 is 0 Å². The summed E-state index contributed by atoms with van der Waals surface area (Å²) in [5.41, 5.74) is 3.00. The van der Waals surface area contributed by atoms with E-state index in [4.69, 9.17) is 0 Å². The van der Waals surface area contributed by atoms with E-state index in [1.165, 1.54) is 16.5 Å². The van der Waals surface area contributed by atoms with Crippen molar-refractivity contribution in [2.24, 2.45) is 0 Å². The van der Waals surface area contributed by atoms with E-state index in [9.17, 15) is 9.59 Å². The summed E-state index contributed by atoms with van der Waals surface area (Å²) >= 11 is 0. The Bertz CT molecular complexity index is 735. The number of benzene rings is 1. The first-order valence-electron chi connectivity index (χ1n) is 7.62. The van der Waals surface area contributed by atoms with Gasteiger partial charge in [0.15, 0.2) is 0 Å². The largest absolute Gasteiger partial charge is 0.337 e. The monoisotopic (exact) mass is 312 g/mol. The Kier molecular flexibility index (Phi) is 3.90.